The fourth-order valence-corrected chi connectivity index (χ4v) is 5.43. The maximum absolute atomic E-state index is 13.6. The zero-order chi connectivity index (χ0) is 30.9. The van der Waals surface area contributed by atoms with Crippen molar-refractivity contribution >= 4 is 17.4 Å². The Labute approximate surface area is 258 Å². The number of nitrogens with zero attached hydrogens (tertiary/aromatic N) is 2. The van der Waals surface area contributed by atoms with Crippen molar-refractivity contribution in [3.05, 3.63) is 95.1 Å². The van der Waals surface area contributed by atoms with Crippen LogP contribution >= 0.6 is 0 Å². The average molecular weight is 601 g/mol. The van der Waals surface area contributed by atoms with Crippen LogP contribution in [0.3, 0.4) is 0 Å². The van der Waals surface area contributed by atoms with E-state index < -0.39 is 17.7 Å². The van der Waals surface area contributed by atoms with E-state index in [0.717, 1.165) is 25.1 Å². The van der Waals surface area contributed by atoms with Gasteiger partial charge in [-0.3, -0.25) is 14.5 Å². The number of morpholine rings is 1. The van der Waals surface area contributed by atoms with Crippen molar-refractivity contribution in [1.82, 2.24) is 9.80 Å². The highest BCUT2D eigenvalue weighted by molar-refractivity contribution is 6.46. The number of Topliss-reactive ketones (excluding diaryl/α,β-unsaturated/α-hetero) is 1. The molecule has 5 rings (SSSR count). The van der Waals surface area contributed by atoms with E-state index in [1.54, 1.807) is 41.3 Å². The number of likely N-dealkylation sites (tertiary alicyclic amines) is 1. The first kappa shape index (κ1) is 31.1. The highest BCUT2D eigenvalue weighted by atomic mass is 16.5. The van der Waals surface area contributed by atoms with Crippen molar-refractivity contribution < 1.29 is 33.6 Å². The van der Waals surface area contributed by atoms with Crippen molar-refractivity contribution in [2.75, 3.05) is 52.6 Å². The van der Waals surface area contributed by atoms with E-state index in [0.29, 0.717) is 74.5 Å². The minimum atomic E-state index is -0.811. The van der Waals surface area contributed by atoms with E-state index in [-0.39, 0.29) is 11.3 Å². The minimum absolute atomic E-state index is 0.0413. The Morgan fingerprint density at radius 1 is 0.886 bits per heavy atom. The molecule has 3 aromatic rings. The van der Waals surface area contributed by atoms with E-state index in [1.807, 2.05) is 50.2 Å². The second kappa shape index (κ2) is 14.9. The number of aliphatic hydroxyl groups excluding tert-OH is 1. The topological polar surface area (TPSA) is 97.8 Å². The number of benzene rings is 3. The molecule has 1 atom stereocenters. The van der Waals surface area contributed by atoms with Crippen molar-refractivity contribution in [2.24, 2.45) is 0 Å². The van der Waals surface area contributed by atoms with Crippen LogP contribution in [-0.4, -0.2) is 79.2 Å². The Morgan fingerprint density at radius 2 is 1.64 bits per heavy atom. The number of amides is 1. The Morgan fingerprint density at radius 3 is 2.34 bits per heavy atom. The van der Waals surface area contributed by atoms with Crippen molar-refractivity contribution in [1.29, 1.82) is 0 Å². The molecule has 1 amide bonds. The average Bonchev–Trinajstić information content (AvgIpc) is 3.32. The lowest BCUT2D eigenvalue weighted by atomic mass is 9.95. The van der Waals surface area contributed by atoms with Crippen LogP contribution in [0.1, 0.15) is 43.0 Å². The number of aliphatic hydroxyl groups is 1. The van der Waals surface area contributed by atoms with Crippen LogP contribution in [-0.2, 0) is 20.9 Å². The molecule has 0 aliphatic carbocycles. The van der Waals surface area contributed by atoms with E-state index in [2.05, 4.69) is 4.90 Å². The molecule has 232 valence electrons. The summed E-state index contributed by atoms with van der Waals surface area (Å²) in [4.78, 5) is 30.9. The molecular formula is C35H40N2O7. The van der Waals surface area contributed by atoms with Crippen LogP contribution in [0.4, 0.5) is 0 Å². The molecular weight excluding hydrogens is 560 g/mol. The quantitative estimate of drug-likeness (QED) is 0.162. The number of ether oxygens (including phenoxy) is 4. The molecule has 2 heterocycles. The van der Waals surface area contributed by atoms with Gasteiger partial charge >= 0.3 is 0 Å². The maximum Gasteiger partial charge on any atom is 0.295 e. The molecule has 2 fully saturated rings. The first-order valence-corrected chi connectivity index (χ1v) is 15.2. The van der Waals surface area contributed by atoms with Crippen molar-refractivity contribution in [3.8, 4) is 17.2 Å². The summed E-state index contributed by atoms with van der Waals surface area (Å²) in [6.07, 6.45) is 0.870. The number of rotatable bonds is 13. The molecule has 2 aliphatic rings. The van der Waals surface area contributed by atoms with Gasteiger partial charge < -0.3 is 29.0 Å². The Bertz CT molecular complexity index is 1450. The molecule has 1 unspecified atom stereocenters. The fourth-order valence-electron chi connectivity index (χ4n) is 5.43. The Hall–Kier alpha value is -4.34. The standard InChI is InChI=1S/C35H40N2O7/c1-3-20-43-28-13-10-26(11-14-28)33(38)31-32(37(35(40)34(31)39)17-16-36-18-21-41-22-19-36)27-12-15-29(30(23-27)42-4-2)44-24-25-8-6-5-7-9-25/h5-15,23,32,38H,3-4,16-22,24H2,1-2H3/b33-31+. The fraction of sp³-hybridized carbons (Fsp3) is 0.371. The number of hydrogen-bond donors (Lipinski definition) is 1. The van der Waals surface area contributed by atoms with Gasteiger partial charge in [0.15, 0.2) is 11.5 Å². The Balaban J connectivity index is 1.50. The van der Waals surface area contributed by atoms with Crippen LogP contribution in [0.25, 0.3) is 5.76 Å². The molecule has 0 spiro atoms. The summed E-state index contributed by atoms with van der Waals surface area (Å²) in [5.74, 6) is 0.118. The molecule has 0 aromatic heterocycles. The van der Waals surface area contributed by atoms with Crippen LogP contribution in [0.15, 0.2) is 78.4 Å². The SMILES string of the molecule is CCCOc1ccc(/C(O)=C2\C(=O)C(=O)N(CCN3CCOCC3)C2c2ccc(OCc3ccccc3)c(OCC)c2)cc1. The second-order valence-electron chi connectivity index (χ2n) is 10.7. The number of carbonyl (C=O) groups is 2. The summed E-state index contributed by atoms with van der Waals surface area (Å²) in [6.45, 7) is 8.89. The lowest BCUT2D eigenvalue weighted by Crippen LogP contribution is -2.42. The smallest absolute Gasteiger partial charge is 0.295 e. The van der Waals surface area contributed by atoms with Gasteiger partial charge in [0.05, 0.1) is 38.0 Å². The molecule has 0 bridgehead atoms. The summed E-state index contributed by atoms with van der Waals surface area (Å²) in [5.41, 5.74) is 2.13. The summed E-state index contributed by atoms with van der Waals surface area (Å²) in [7, 11) is 0. The van der Waals surface area contributed by atoms with Gasteiger partial charge in [-0.05, 0) is 60.9 Å². The van der Waals surface area contributed by atoms with Crippen LogP contribution in [0, 0.1) is 0 Å². The zero-order valence-electron chi connectivity index (χ0n) is 25.4. The van der Waals surface area contributed by atoms with Gasteiger partial charge in [-0.2, -0.15) is 0 Å². The van der Waals surface area contributed by atoms with Gasteiger partial charge in [0, 0.05) is 31.7 Å². The first-order valence-electron chi connectivity index (χ1n) is 15.2. The molecule has 9 heteroatoms. The molecule has 0 saturated carbocycles. The Kier molecular flexibility index (Phi) is 10.5. The zero-order valence-corrected chi connectivity index (χ0v) is 25.4. The summed E-state index contributed by atoms with van der Waals surface area (Å²) in [5, 5.41) is 11.5. The van der Waals surface area contributed by atoms with Crippen molar-refractivity contribution in [3.63, 3.8) is 0 Å². The molecule has 44 heavy (non-hydrogen) atoms. The third-order valence-corrected chi connectivity index (χ3v) is 7.72. The van der Waals surface area contributed by atoms with Crippen LogP contribution in [0.2, 0.25) is 0 Å². The van der Waals surface area contributed by atoms with Gasteiger partial charge in [0.2, 0.25) is 0 Å². The molecule has 0 radical (unpaired) electrons. The highest BCUT2D eigenvalue weighted by Gasteiger charge is 2.46. The minimum Gasteiger partial charge on any atom is -0.507 e. The monoisotopic (exact) mass is 600 g/mol. The van der Waals surface area contributed by atoms with Gasteiger partial charge in [-0.15, -0.1) is 0 Å². The molecule has 3 aromatic carbocycles. The van der Waals surface area contributed by atoms with Gasteiger partial charge in [0.25, 0.3) is 11.7 Å². The summed E-state index contributed by atoms with van der Waals surface area (Å²) >= 11 is 0. The normalized spacial score (nSPS) is 18.4. The van der Waals surface area contributed by atoms with E-state index in [4.69, 9.17) is 18.9 Å². The van der Waals surface area contributed by atoms with Crippen molar-refractivity contribution in [2.45, 2.75) is 32.9 Å². The van der Waals surface area contributed by atoms with E-state index in [9.17, 15) is 14.7 Å². The third-order valence-electron chi connectivity index (χ3n) is 7.72. The van der Waals surface area contributed by atoms with Gasteiger partial charge in [0.1, 0.15) is 18.1 Å². The summed E-state index contributed by atoms with van der Waals surface area (Å²) in [6, 6.07) is 21.4. The second-order valence-corrected chi connectivity index (χ2v) is 10.7. The molecule has 9 nitrogen and oxygen atoms in total. The number of hydrogen-bond acceptors (Lipinski definition) is 8. The summed E-state index contributed by atoms with van der Waals surface area (Å²) < 4.78 is 23.2. The lowest BCUT2D eigenvalue weighted by Gasteiger charge is -2.31. The van der Waals surface area contributed by atoms with E-state index >= 15 is 0 Å². The van der Waals surface area contributed by atoms with Crippen LogP contribution in [0.5, 0.6) is 17.2 Å². The molecule has 2 aliphatic heterocycles. The van der Waals surface area contributed by atoms with Gasteiger partial charge in [-0.25, -0.2) is 0 Å². The third kappa shape index (κ3) is 7.23. The predicted octanol–water partition coefficient (Wildman–Crippen LogP) is 5.21. The van der Waals surface area contributed by atoms with Gasteiger partial charge in [-0.1, -0.05) is 43.3 Å². The molecule has 2 saturated heterocycles. The number of carbonyl (C=O) groups excluding carboxylic acids is 2. The number of ketones is 1. The van der Waals surface area contributed by atoms with Crippen LogP contribution < -0.4 is 14.2 Å². The molecule has 1 N–H and O–H groups in total. The maximum atomic E-state index is 13.6. The lowest BCUT2D eigenvalue weighted by molar-refractivity contribution is -0.140. The van der Waals surface area contributed by atoms with E-state index in [1.165, 1.54) is 0 Å². The highest BCUT2D eigenvalue weighted by Crippen LogP contribution is 2.42. The predicted molar refractivity (Wildman–Crippen MR) is 167 cm³/mol. The first-order chi connectivity index (χ1) is 21.5. The largest absolute Gasteiger partial charge is 0.507 e.